The van der Waals surface area contributed by atoms with Crippen LogP contribution in [0, 0.1) is 27.7 Å². The number of benzene rings is 8. The Morgan fingerprint density at radius 3 is 1.47 bits per heavy atom. The first-order chi connectivity index (χ1) is 32.0. The minimum absolute atomic E-state index is 0.0241. The highest BCUT2D eigenvalue weighted by Crippen LogP contribution is 2.46. The summed E-state index contributed by atoms with van der Waals surface area (Å²) >= 11 is 1.64. The average molecular weight is 883 g/mol. The Labute approximate surface area is 379 Å². The van der Waals surface area contributed by atoms with Crippen LogP contribution in [0.2, 0.25) is 0 Å². The van der Waals surface area contributed by atoms with Gasteiger partial charge in [0.15, 0.2) is 5.82 Å². The lowest BCUT2D eigenvalue weighted by molar-refractivity contribution is -0.137. The van der Waals surface area contributed by atoms with Gasteiger partial charge in [-0.1, -0.05) is 89.0 Å². The van der Waals surface area contributed by atoms with E-state index >= 15 is 13.2 Å². The molecule has 0 aliphatic carbocycles. The molecule has 0 aliphatic rings. The van der Waals surface area contributed by atoms with Crippen molar-refractivity contribution in [2.45, 2.75) is 33.9 Å². The molecule has 0 fully saturated rings. The van der Waals surface area contributed by atoms with Crippen molar-refractivity contribution in [2.75, 3.05) is 0 Å². The first kappa shape index (κ1) is 38.6. The number of rotatable bonds is 4. The molecule has 66 heavy (non-hydrogen) atoms. The molecular formula is C56H37F3N6S. The highest BCUT2D eigenvalue weighted by Gasteiger charge is 2.36. The summed E-state index contributed by atoms with van der Waals surface area (Å²) in [6.07, 6.45) is -4.75. The molecule has 0 bridgehead atoms. The standard InChI is InChI=1S/C56H37F3N6S/c1-30-13-19-44-38(25-30)39-26-31(2)14-20-45(39)64(44)54-60-53(61-55(62-54)65-46-21-15-32(3)27-40(46)41-28-33(4)16-22-47(41)65)34-17-23-48(42(29-34)56(57,58)59)63-43-11-7-5-9-35(43)36-18-24-50-51(52(36)63)37-10-6-8-12-49(37)66-50/h5-29H,1-4H3. The Kier molecular flexibility index (Phi) is 8.10. The molecule has 0 atom stereocenters. The fourth-order valence-corrected chi connectivity index (χ4v) is 11.3. The Balaban J connectivity index is 1.12. The van der Waals surface area contributed by atoms with Gasteiger partial charge in [-0.3, -0.25) is 9.13 Å². The monoisotopic (exact) mass is 882 g/mol. The van der Waals surface area contributed by atoms with Gasteiger partial charge in [0.2, 0.25) is 11.9 Å². The summed E-state index contributed by atoms with van der Waals surface area (Å²) in [6, 6.07) is 49.5. The zero-order chi connectivity index (χ0) is 44.7. The predicted molar refractivity (Wildman–Crippen MR) is 265 cm³/mol. The summed E-state index contributed by atoms with van der Waals surface area (Å²) < 4.78 is 55.9. The number of hydrogen-bond donors (Lipinski definition) is 0. The SMILES string of the molecule is Cc1ccc2c(c1)c1cc(C)ccc1n2-c1nc(-c2ccc(-n3c4ccccc4c4ccc5sc6ccccc6c5c43)c(C(F)(F)F)c2)nc(-n2c3ccc(C)cc3c3cc(C)ccc32)n1. The zero-order valence-corrected chi connectivity index (χ0v) is 37.0. The molecule has 13 rings (SSSR count). The Hall–Kier alpha value is -7.82. The van der Waals surface area contributed by atoms with Gasteiger partial charge in [0.05, 0.1) is 44.4 Å². The summed E-state index contributed by atoms with van der Waals surface area (Å²) in [7, 11) is 0. The van der Waals surface area contributed by atoms with Crippen LogP contribution in [-0.2, 0) is 6.18 Å². The highest BCUT2D eigenvalue weighted by atomic mass is 32.1. The Morgan fingerprint density at radius 2 is 0.924 bits per heavy atom. The lowest BCUT2D eigenvalue weighted by Gasteiger charge is -2.18. The Bertz CT molecular complexity index is 3960. The van der Waals surface area contributed by atoms with Crippen molar-refractivity contribution >= 4 is 96.9 Å². The van der Waals surface area contributed by atoms with E-state index in [2.05, 4.69) is 119 Å². The maximum atomic E-state index is 16.0. The summed E-state index contributed by atoms with van der Waals surface area (Å²) in [5, 5.41) is 7.82. The van der Waals surface area contributed by atoms with Gasteiger partial charge in [0.25, 0.3) is 0 Å². The van der Waals surface area contributed by atoms with Gasteiger partial charge in [-0.25, -0.2) is 0 Å². The summed E-state index contributed by atoms with van der Waals surface area (Å²) in [5.74, 6) is 0.705. The number of halogens is 3. The van der Waals surface area contributed by atoms with Crippen LogP contribution in [0.1, 0.15) is 27.8 Å². The second-order valence-corrected chi connectivity index (χ2v) is 18.6. The molecule has 0 saturated heterocycles. The van der Waals surface area contributed by atoms with Gasteiger partial charge in [0, 0.05) is 58.1 Å². The maximum Gasteiger partial charge on any atom is 0.418 e. The molecular weight excluding hydrogens is 846 g/mol. The molecule has 0 aliphatic heterocycles. The number of nitrogens with zero attached hydrogens (tertiary/aromatic N) is 6. The molecule has 5 heterocycles. The molecule has 5 aromatic heterocycles. The van der Waals surface area contributed by atoms with E-state index in [0.29, 0.717) is 17.4 Å². The molecule has 8 aromatic carbocycles. The summed E-state index contributed by atoms with van der Waals surface area (Å²) in [5.41, 5.74) is 8.79. The van der Waals surface area contributed by atoms with Crippen LogP contribution < -0.4 is 0 Å². The van der Waals surface area contributed by atoms with Crippen molar-refractivity contribution in [1.29, 1.82) is 0 Å². The number of thiophene rings is 1. The lowest BCUT2D eigenvalue weighted by Crippen LogP contribution is -2.13. The minimum Gasteiger partial charge on any atom is -0.308 e. The average Bonchev–Trinajstić information content (AvgIpc) is 4.04. The predicted octanol–water partition coefficient (Wildman–Crippen LogP) is 15.5. The third-order valence-electron chi connectivity index (χ3n) is 13.1. The van der Waals surface area contributed by atoms with Gasteiger partial charge >= 0.3 is 6.18 Å². The van der Waals surface area contributed by atoms with Crippen molar-refractivity contribution in [3.8, 4) is 29.0 Å². The molecule has 0 unspecified atom stereocenters. The fraction of sp³-hybridized carbons (Fsp3) is 0.0893. The van der Waals surface area contributed by atoms with Crippen molar-refractivity contribution in [2.24, 2.45) is 0 Å². The van der Waals surface area contributed by atoms with Crippen molar-refractivity contribution in [1.82, 2.24) is 28.7 Å². The highest BCUT2D eigenvalue weighted by molar-refractivity contribution is 7.26. The molecule has 0 N–H and O–H groups in total. The summed E-state index contributed by atoms with van der Waals surface area (Å²) in [4.78, 5) is 15.5. The normalized spacial score (nSPS) is 12.5. The number of alkyl halides is 3. The molecule has 13 aromatic rings. The fourth-order valence-electron chi connectivity index (χ4n) is 10.2. The molecule has 318 valence electrons. The quantitative estimate of drug-likeness (QED) is 0.177. The van der Waals surface area contributed by atoms with Crippen LogP contribution in [0.15, 0.2) is 152 Å². The van der Waals surface area contributed by atoms with E-state index in [1.807, 2.05) is 51.6 Å². The lowest BCUT2D eigenvalue weighted by atomic mass is 10.1. The first-order valence-electron chi connectivity index (χ1n) is 21.8. The van der Waals surface area contributed by atoms with E-state index in [1.165, 1.54) is 6.07 Å². The third-order valence-corrected chi connectivity index (χ3v) is 14.3. The maximum absolute atomic E-state index is 16.0. The van der Waals surface area contributed by atoms with E-state index in [9.17, 15) is 0 Å². The zero-order valence-electron chi connectivity index (χ0n) is 36.2. The number of aryl methyl sites for hydroxylation is 4. The van der Waals surface area contributed by atoms with E-state index in [0.717, 1.165) is 102 Å². The largest absolute Gasteiger partial charge is 0.418 e. The molecule has 0 spiro atoms. The van der Waals surface area contributed by atoms with Crippen molar-refractivity contribution in [3.63, 3.8) is 0 Å². The van der Waals surface area contributed by atoms with Gasteiger partial charge < -0.3 is 4.57 Å². The molecule has 6 nitrogen and oxygen atoms in total. The summed E-state index contributed by atoms with van der Waals surface area (Å²) in [6.45, 7) is 8.26. The Morgan fingerprint density at radius 1 is 0.424 bits per heavy atom. The van der Waals surface area contributed by atoms with Gasteiger partial charge in [0.1, 0.15) is 0 Å². The third kappa shape index (κ3) is 5.64. The second kappa shape index (κ2) is 13.8. The number of fused-ring (bicyclic) bond motifs is 13. The van der Waals surface area contributed by atoms with E-state index in [4.69, 9.17) is 15.0 Å². The number of hydrogen-bond acceptors (Lipinski definition) is 4. The van der Waals surface area contributed by atoms with Crippen LogP contribution in [0.25, 0.3) is 115 Å². The number of para-hydroxylation sites is 1. The van der Waals surface area contributed by atoms with Crippen LogP contribution in [0.4, 0.5) is 13.2 Å². The van der Waals surface area contributed by atoms with Crippen LogP contribution in [0.5, 0.6) is 0 Å². The van der Waals surface area contributed by atoms with Crippen LogP contribution >= 0.6 is 11.3 Å². The minimum atomic E-state index is -4.75. The van der Waals surface area contributed by atoms with Crippen LogP contribution in [0.3, 0.4) is 0 Å². The topological polar surface area (TPSA) is 53.5 Å². The smallest absolute Gasteiger partial charge is 0.308 e. The second-order valence-electron chi connectivity index (χ2n) is 17.5. The van der Waals surface area contributed by atoms with E-state index in [1.54, 1.807) is 28.0 Å². The first-order valence-corrected chi connectivity index (χ1v) is 22.7. The molecule has 0 amide bonds. The van der Waals surface area contributed by atoms with Crippen LogP contribution in [-0.4, -0.2) is 28.7 Å². The van der Waals surface area contributed by atoms with Gasteiger partial charge in [-0.05, 0) is 113 Å². The van der Waals surface area contributed by atoms with Crippen molar-refractivity contribution in [3.05, 3.63) is 179 Å². The van der Waals surface area contributed by atoms with Gasteiger partial charge in [-0.2, -0.15) is 28.1 Å². The molecule has 0 saturated carbocycles. The van der Waals surface area contributed by atoms with E-state index in [-0.39, 0.29) is 17.1 Å². The van der Waals surface area contributed by atoms with Crippen molar-refractivity contribution < 1.29 is 13.2 Å². The van der Waals surface area contributed by atoms with E-state index < -0.39 is 11.7 Å². The van der Waals surface area contributed by atoms with Gasteiger partial charge in [-0.15, -0.1) is 11.3 Å². The molecule has 0 radical (unpaired) electrons. The number of aromatic nitrogens is 6. The molecule has 10 heteroatoms.